The van der Waals surface area contributed by atoms with Crippen molar-refractivity contribution in [3.8, 4) is 0 Å². The van der Waals surface area contributed by atoms with Crippen LogP contribution in [-0.2, 0) is 23.8 Å². The zero-order valence-corrected chi connectivity index (χ0v) is 8.40. The lowest BCUT2D eigenvalue weighted by Gasteiger charge is -2.24. The summed E-state index contributed by atoms with van der Waals surface area (Å²) < 4.78 is 13.8. The summed E-state index contributed by atoms with van der Waals surface area (Å²) in [6.45, 7) is 1.23. The molecule has 0 fully saturated rings. The van der Waals surface area contributed by atoms with Crippen LogP contribution in [0.2, 0.25) is 0 Å². The minimum absolute atomic E-state index is 0.0294. The normalized spacial score (nSPS) is 14.5. The van der Waals surface area contributed by atoms with Gasteiger partial charge in [-0.1, -0.05) is 6.92 Å². The number of esters is 1. The standard InChI is InChI=1S/C8H14O6/c1-4-8(6(9)10,7(11)13-3)14-5-12-2/h4-5H2,1-3H3,(H,9,10)/t8-/m1/s1. The van der Waals surface area contributed by atoms with Gasteiger partial charge in [-0.25, -0.2) is 9.59 Å². The van der Waals surface area contributed by atoms with E-state index < -0.39 is 17.5 Å². The van der Waals surface area contributed by atoms with Crippen LogP contribution in [0.5, 0.6) is 0 Å². The highest BCUT2D eigenvalue weighted by Crippen LogP contribution is 2.18. The topological polar surface area (TPSA) is 82.1 Å². The molecule has 0 radical (unpaired) electrons. The molecule has 0 bridgehead atoms. The molecule has 1 N–H and O–H groups in total. The number of carbonyl (C=O) groups is 2. The number of carboxylic acids is 1. The molecule has 0 aliphatic carbocycles. The number of aliphatic carboxylic acids is 1. The predicted octanol–water partition coefficient (Wildman–Crippen LogP) is 0.0133. The molecule has 0 aliphatic rings. The van der Waals surface area contributed by atoms with Gasteiger partial charge in [0.05, 0.1) is 7.11 Å². The first-order valence-corrected chi connectivity index (χ1v) is 3.99. The molecular formula is C8H14O6. The Morgan fingerprint density at radius 1 is 1.36 bits per heavy atom. The van der Waals surface area contributed by atoms with Gasteiger partial charge in [0, 0.05) is 7.11 Å². The first kappa shape index (κ1) is 12.9. The molecule has 14 heavy (non-hydrogen) atoms. The maximum absolute atomic E-state index is 11.2. The van der Waals surface area contributed by atoms with Crippen LogP contribution in [-0.4, -0.2) is 43.7 Å². The van der Waals surface area contributed by atoms with Crippen molar-refractivity contribution in [2.45, 2.75) is 18.9 Å². The van der Waals surface area contributed by atoms with Gasteiger partial charge < -0.3 is 19.3 Å². The minimum Gasteiger partial charge on any atom is -0.479 e. The quantitative estimate of drug-likeness (QED) is 0.374. The Kier molecular flexibility index (Phi) is 5.11. The third-order valence-corrected chi connectivity index (χ3v) is 1.78. The van der Waals surface area contributed by atoms with Crippen LogP contribution in [0.4, 0.5) is 0 Å². The van der Waals surface area contributed by atoms with Crippen molar-refractivity contribution in [2.75, 3.05) is 21.0 Å². The zero-order chi connectivity index (χ0) is 11.2. The third-order valence-electron chi connectivity index (χ3n) is 1.78. The molecule has 1 atom stereocenters. The van der Waals surface area contributed by atoms with Crippen molar-refractivity contribution in [1.29, 1.82) is 0 Å². The second-order valence-corrected chi connectivity index (χ2v) is 2.53. The fourth-order valence-corrected chi connectivity index (χ4v) is 0.930. The van der Waals surface area contributed by atoms with Gasteiger partial charge in [0.1, 0.15) is 6.79 Å². The van der Waals surface area contributed by atoms with Crippen LogP contribution >= 0.6 is 0 Å². The van der Waals surface area contributed by atoms with Gasteiger partial charge in [-0.2, -0.15) is 0 Å². The lowest BCUT2D eigenvalue weighted by molar-refractivity contribution is -0.199. The summed E-state index contributed by atoms with van der Waals surface area (Å²) in [6.07, 6.45) is -0.0294. The van der Waals surface area contributed by atoms with Crippen LogP contribution in [0, 0.1) is 0 Å². The highest BCUT2D eigenvalue weighted by Gasteiger charge is 2.47. The van der Waals surface area contributed by atoms with E-state index in [1.165, 1.54) is 14.0 Å². The molecule has 0 heterocycles. The SMILES string of the molecule is CC[C@@](OCOC)(C(=O)O)C(=O)OC. The highest BCUT2D eigenvalue weighted by atomic mass is 16.7. The monoisotopic (exact) mass is 206 g/mol. The van der Waals surface area contributed by atoms with Crippen molar-refractivity contribution in [3.63, 3.8) is 0 Å². The van der Waals surface area contributed by atoms with Gasteiger partial charge in [-0.05, 0) is 6.42 Å². The van der Waals surface area contributed by atoms with Gasteiger partial charge in [0.25, 0.3) is 5.60 Å². The van der Waals surface area contributed by atoms with E-state index in [0.29, 0.717) is 0 Å². The summed E-state index contributed by atoms with van der Waals surface area (Å²) in [5.74, 6) is -2.33. The average Bonchev–Trinajstić information content (AvgIpc) is 2.18. The zero-order valence-electron chi connectivity index (χ0n) is 8.40. The van der Waals surface area contributed by atoms with E-state index in [0.717, 1.165) is 7.11 Å². The van der Waals surface area contributed by atoms with Crippen LogP contribution < -0.4 is 0 Å². The number of carboxylic acid groups (broad SMARTS) is 1. The summed E-state index contributed by atoms with van der Waals surface area (Å²) in [5, 5.41) is 8.87. The van der Waals surface area contributed by atoms with Crippen molar-refractivity contribution in [1.82, 2.24) is 0 Å². The minimum atomic E-state index is -1.97. The van der Waals surface area contributed by atoms with Gasteiger partial charge in [-0.15, -0.1) is 0 Å². The van der Waals surface area contributed by atoms with Crippen LogP contribution in [0.1, 0.15) is 13.3 Å². The number of hydrogen-bond acceptors (Lipinski definition) is 5. The summed E-state index contributed by atoms with van der Waals surface area (Å²) >= 11 is 0. The molecule has 6 nitrogen and oxygen atoms in total. The Balaban J connectivity index is 4.78. The van der Waals surface area contributed by atoms with Gasteiger partial charge in [0.2, 0.25) is 0 Å². The molecule has 0 aromatic carbocycles. The van der Waals surface area contributed by atoms with Gasteiger partial charge in [-0.3, -0.25) is 0 Å². The van der Waals surface area contributed by atoms with E-state index >= 15 is 0 Å². The summed E-state index contributed by atoms with van der Waals surface area (Å²) in [7, 11) is 2.44. The molecular weight excluding hydrogens is 192 g/mol. The molecule has 0 aliphatic heterocycles. The van der Waals surface area contributed by atoms with Crippen molar-refractivity contribution < 1.29 is 28.9 Å². The summed E-state index contributed by atoms with van der Waals surface area (Å²) in [5.41, 5.74) is -1.97. The van der Waals surface area contributed by atoms with Crippen molar-refractivity contribution in [2.24, 2.45) is 0 Å². The molecule has 82 valence electrons. The molecule has 0 spiro atoms. The smallest absolute Gasteiger partial charge is 0.350 e. The number of carbonyl (C=O) groups excluding carboxylic acids is 1. The van der Waals surface area contributed by atoms with Crippen LogP contribution in [0.25, 0.3) is 0 Å². The summed E-state index contributed by atoms with van der Waals surface area (Å²) in [4.78, 5) is 22.1. The lowest BCUT2D eigenvalue weighted by Crippen LogP contribution is -2.49. The molecule has 0 aromatic heterocycles. The largest absolute Gasteiger partial charge is 0.479 e. The lowest BCUT2D eigenvalue weighted by atomic mass is 10.0. The number of hydrogen-bond donors (Lipinski definition) is 1. The Hall–Kier alpha value is -1.14. The fourth-order valence-electron chi connectivity index (χ4n) is 0.930. The maximum Gasteiger partial charge on any atom is 0.350 e. The number of methoxy groups -OCH3 is 2. The first-order chi connectivity index (χ1) is 6.55. The molecule has 0 saturated heterocycles. The molecule has 0 amide bonds. The number of rotatable bonds is 6. The Labute approximate surface area is 81.8 Å². The second kappa shape index (κ2) is 5.56. The Morgan fingerprint density at radius 3 is 2.21 bits per heavy atom. The van der Waals surface area contributed by atoms with Gasteiger partial charge in [0.15, 0.2) is 0 Å². The van der Waals surface area contributed by atoms with Gasteiger partial charge >= 0.3 is 11.9 Å². The first-order valence-electron chi connectivity index (χ1n) is 3.99. The van der Waals surface area contributed by atoms with Crippen LogP contribution in [0.15, 0.2) is 0 Å². The summed E-state index contributed by atoms with van der Waals surface area (Å²) in [6, 6.07) is 0. The molecule has 6 heteroatoms. The molecule has 0 aromatic rings. The van der Waals surface area contributed by atoms with Crippen molar-refractivity contribution in [3.05, 3.63) is 0 Å². The van der Waals surface area contributed by atoms with E-state index in [4.69, 9.17) is 9.84 Å². The van der Waals surface area contributed by atoms with E-state index in [1.807, 2.05) is 0 Å². The third kappa shape index (κ3) is 2.43. The van der Waals surface area contributed by atoms with Crippen LogP contribution in [0.3, 0.4) is 0 Å². The van der Waals surface area contributed by atoms with Crippen molar-refractivity contribution >= 4 is 11.9 Å². The predicted molar refractivity (Wildman–Crippen MR) is 45.6 cm³/mol. The molecule has 0 saturated carbocycles. The molecule has 0 rings (SSSR count). The highest BCUT2D eigenvalue weighted by molar-refractivity contribution is 6.02. The van der Waals surface area contributed by atoms with E-state index in [-0.39, 0.29) is 13.2 Å². The maximum atomic E-state index is 11.2. The number of ether oxygens (including phenoxy) is 3. The molecule has 0 unspecified atom stereocenters. The second-order valence-electron chi connectivity index (χ2n) is 2.53. The Morgan fingerprint density at radius 2 is 1.93 bits per heavy atom. The van der Waals surface area contributed by atoms with E-state index in [2.05, 4.69) is 9.47 Å². The average molecular weight is 206 g/mol. The fraction of sp³-hybridized carbons (Fsp3) is 0.750. The van der Waals surface area contributed by atoms with E-state index in [9.17, 15) is 9.59 Å². The van der Waals surface area contributed by atoms with E-state index in [1.54, 1.807) is 0 Å². The Bertz CT molecular complexity index is 214.